The molecule has 2 aromatic rings. The van der Waals surface area contributed by atoms with E-state index in [9.17, 15) is 4.79 Å². The SMILES string of the molecule is CC(C)C1c2cccn2CCN1C(=O)c1cccnc1. The van der Waals surface area contributed by atoms with Crippen LogP contribution >= 0.6 is 0 Å². The van der Waals surface area contributed by atoms with Gasteiger partial charge in [0.05, 0.1) is 11.6 Å². The number of hydrogen-bond acceptors (Lipinski definition) is 2. The molecule has 1 unspecified atom stereocenters. The van der Waals surface area contributed by atoms with Crippen molar-refractivity contribution in [2.45, 2.75) is 26.4 Å². The fourth-order valence-electron chi connectivity index (χ4n) is 3.00. The monoisotopic (exact) mass is 269 g/mol. The molecule has 4 nitrogen and oxygen atoms in total. The largest absolute Gasteiger partial charge is 0.348 e. The van der Waals surface area contributed by atoms with Crippen LogP contribution in [0.5, 0.6) is 0 Å². The van der Waals surface area contributed by atoms with Gasteiger partial charge in [-0.3, -0.25) is 9.78 Å². The molecule has 0 aliphatic carbocycles. The van der Waals surface area contributed by atoms with Gasteiger partial charge in [-0.2, -0.15) is 0 Å². The molecular formula is C16H19N3O. The summed E-state index contributed by atoms with van der Waals surface area (Å²) in [6.45, 7) is 5.93. The van der Waals surface area contributed by atoms with Crippen LogP contribution in [0.4, 0.5) is 0 Å². The van der Waals surface area contributed by atoms with E-state index in [4.69, 9.17) is 0 Å². The van der Waals surface area contributed by atoms with Gasteiger partial charge in [-0.1, -0.05) is 13.8 Å². The van der Waals surface area contributed by atoms with Crippen LogP contribution in [0.3, 0.4) is 0 Å². The van der Waals surface area contributed by atoms with Gasteiger partial charge in [-0.15, -0.1) is 0 Å². The van der Waals surface area contributed by atoms with Crippen molar-refractivity contribution in [3.05, 3.63) is 54.1 Å². The number of rotatable bonds is 2. The van der Waals surface area contributed by atoms with Gasteiger partial charge in [0.25, 0.3) is 5.91 Å². The van der Waals surface area contributed by atoms with Gasteiger partial charge in [-0.05, 0) is 30.2 Å². The molecule has 0 saturated heterocycles. The van der Waals surface area contributed by atoms with E-state index in [1.807, 2.05) is 17.0 Å². The van der Waals surface area contributed by atoms with E-state index < -0.39 is 0 Å². The van der Waals surface area contributed by atoms with Crippen LogP contribution in [-0.4, -0.2) is 26.9 Å². The lowest BCUT2D eigenvalue weighted by Gasteiger charge is -2.39. The van der Waals surface area contributed by atoms with Crippen molar-refractivity contribution in [3.63, 3.8) is 0 Å². The Labute approximate surface area is 119 Å². The second kappa shape index (κ2) is 5.12. The molecule has 1 amide bonds. The lowest BCUT2D eigenvalue weighted by molar-refractivity contribution is 0.0556. The van der Waals surface area contributed by atoms with Crippen molar-refractivity contribution in [2.75, 3.05) is 6.54 Å². The third kappa shape index (κ3) is 2.11. The van der Waals surface area contributed by atoms with Crippen LogP contribution in [0, 0.1) is 5.92 Å². The smallest absolute Gasteiger partial charge is 0.256 e. The van der Waals surface area contributed by atoms with E-state index in [-0.39, 0.29) is 11.9 Å². The summed E-state index contributed by atoms with van der Waals surface area (Å²) in [5.74, 6) is 0.453. The van der Waals surface area contributed by atoms with Gasteiger partial charge in [0, 0.05) is 37.4 Å². The zero-order chi connectivity index (χ0) is 14.1. The molecule has 3 rings (SSSR count). The number of carbonyl (C=O) groups is 1. The van der Waals surface area contributed by atoms with E-state index in [1.165, 1.54) is 5.69 Å². The second-order valence-corrected chi connectivity index (χ2v) is 5.56. The van der Waals surface area contributed by atoms with Crippen molar-refractivity contribution in [2.24, 2.45) is 5.92 Å². The number of fused-ring (bicyclic) bond motifs is 1. The quantitative estimate of drug-likeness (QED) is 0.840. The van der Waals surface area contributed by atoms with E-state index in [0.29, 0.717) is 11.5 Å². The van der Waals surface area contributed by atoms with Crippen LogP contribution < -0.4 is 0 Å². The molecule has 0 N–H and O–H groups in total. The topological polar surface area (TPSA) is 38.1 Å². The lowest BCUT2D eigenvalue weighted by Crippen LogP contribution is -2.43. The molecule has 0 spiro atoms. The summed E-state index contributed by atoms with van der Waals surface area (Å²) in [4.78, 5) is 18.8. The van der Waals surface area contributed by atoms with Crippen LogP contribution in [-0.2, 0) is 6.54 Å². The Bertz CT molecular complexity index is 603. The van der Waals surface area contributed by atoms with Crippen LogP contribution in [0.1, 0.15) is 35.9 Å². The maximum Gasteiger partial charge on any atom is 0.256 e. The molecule has 1 aliphatic rings. The highest BCUT2D eigenvalue weighted by Crippen LogP contribution is 2.33. The molecule has 0 radical (unpaired) electrons. The van der Waals surface area contributed by atoms with Crippen molar-refractivity contribution < 1.29 is 4.79 Å². The van der Waals surface area contributed by atoms with Gasteiger partial charge in [0.1, 0.15) is 0 Å². The number of nitrogens with zero attached hydrogens (tertiary/aromatic N) is 3. The lowest BCUT2D eigenvalue weighted by atomic mass is 9.96. The Morgan fingerprint density at radius 2 is 2.15 bits per heavy atom. The molecule has 0 aromatic carbocycles. The fourth-order valence-corrected chi connectivity index (χ4v) is 3.00. The first-order chi connectivity index (χ1) is 9.68. The van der Waals surface area contributed by atoms with Crippen LogP contribution in [0.2, 0.25) is 0 Å². The highest BCUT2D eigenvalue weighted by Gasteiger charge is 2.33. The summed E-state index contributed by atoms with van der Waals surface area (Å²) in [5, 5.41) is 0. The van der Waals surface area contributed by atoms with E-state index >= 15 is 0 Å². The third-order valence-corrected chi connectivity index (χ3v) is 3.89. The van der Waals surface area contributed by atoms with Gasteiger partial charge >= 0.3 is 0 Å². The Balaban J connectivity index is 1.96. The minimum atomic E-state index is 0.0734. The number of aromatic nitrogens is 2. The van der Waals surface area contributed by atoms with Gasteiger partial charge < -0.3 is 9.47 Å². The summed E-state index contributed by atoms with van der Waals surface area (Å²) < 4.78 is 2.25. The summed E-state index contributed by atoms with van der Waals surface area (Å²) in [6.07, 6.45) is 5.43. The Morgan fingerprint density at radius 3 is 2.85 bits per heavy atom. The molecular weight excluding hydrogens is 250 g/mol. The Morgan fingerprint density at radius 1 is 1.30 bits per heavy atom. The Kier molecular flexibility index (Phi) is 3.30. The van der Waals surface area contributed by atoms with Crippen LogP contribution in [0.15, 0.2) is 42.9 Å². The second-order valence-electron chi connectivity index (χ2n) is 5.56. The number of hydrogen-bond donors (Lipinski definition) is 0. The normalized spacial score (nSPS) is 18.1. The molecule has 2 aromatic heterocycles. The number of pyridine rings is 1. The first-order valence-corrected chi connectivity index (χ1v) is 7.04. The molecule has 4 heteroatoms. The minimum absolute atomic E-state index is 0.0734. The van der Waals surface area contributed by atoms with Gasteiger partial charge in [0.2, 0.25) is 0 Å². The molecule has 1 atom stereocenters. The molecule has 0 bridgehead atoms. The molecule has 0 saturated carbocycles. The first kappa shape index (κ1) is 12.9. The average Bonchev–Trinajstić information content (AvgIpc) is 2.94. The predicted octanol–water partition coefficient (Wildman–Crippen LogP) is 2.74. The van der Waals surface area contributed by atoms with Gasteiger partial charge in [-0.25, -0.2) is 0 Å². The average molecular weight is 269 g/mol. The predicted molar refractivity (Wildman–Crippen MR) is 77.3 cm³/mol. The maximum atomic E-state index is 12.7. The van der Waals surface area contributed by atoms with Crippen molar-refractivity contribution >= 4 is 5.91 Å². The highest BCUT2D eigenvalue weighted by atomic mass is 16.2. The molecule has 20 heavy (non-hydrogen) atoms. The fraction of sp³-hybridized carbons (Fsp3) is 0.375. The van der Waals surface area contributed by atoms with Gasteiger partial charge in [0.15, 0.2) is 0 Å². The number of carbonyl (C=O) groups excluding carboxylic acids is 1. The van der Waals surface area contributed by atoms with Crippen LogP contribution in [0.25, 0.3) is 0 Å². The van der Waals surface area contributed by atoms with Crippen molar-refractivity contribution in [3.8, 4) is 0 Å². The maximum absolute atomic E-state index is 12.7. The summed E-state index contributed by atoms with van der Waals surface area (Å²) >= 11 is 0. The Hall–Kier alpha value is -2.10. The summed E-state index contributed by atoms with van der Waals surface area (Å²) in [5.41, 5.74) is 1.89. The minimum Gasteiger partial charge on any atom is -0.348 e. The summed E-state index contributed by atoms with van der Waals surface area (Å²) in [7, 11) is 0. The molecule has 0 fully saturated rings. The molecule has 1 aliphatic heterocycles. The first-order valence-electron chi connectivity index (χ1n) is 7.04. The standard InChI is InChI=1S/C16H19N3O/c1-12(2)15-14-6-4-8-18(14)9-10-19(15)16(20)13-5-3-7-17-11-13/h3-8,11-12,15H,9-10H2,1-2H3. The number of amides is 1. The van der Waals surface area contributed by atoms with Crippen molar-refractivity contribution in [1.29, 1.82) is 0 Å². The third-order valence-electron chi connectivity index (χ3n) is 3.89. The van der Waals surface area contributed by atoms with Crippen molar-refractivity contribution in [1.82, 2.24) is 14.5 Å². The zero-order valence-corrected chi connectivity index (χ0v) is 11.9. The van der Waals surface area contributed by atoms with E-state index in [2.05, 4.69) is 41.7 Å². The van der Waals surface area contributed by atoms with E-state index in [1.54, 1.807) is 12.4 Å². The molecule has 104 valence electrons. The zero-order valence-electron chi connectivity index (χ0n) is 11.9. The highest BCUT2D eigenvalue weighted by molar-refractivity contribution is 5.94. The van der Waals surface area contributed by atoms with E-state index in [0.717, 1.165) is 13.1 Å². The summed E-state index contributed by atoms with van der Waals surface area (Å²) in [6, 6.07) is 7.95. The molecule has 3 heterocycles.